The topological polar surface area (TPSA) is 59.6 Å². The molecule has 0 unspecified atom stereocenters. The first kappa shape index (κ1) is 15.8. The Morgan fingerprint density at radius 3 is 2.89 bits per heavy atom. The largest absolute Gasteiger partial charge is 0.483 e. The van der Waals surface area contributed by atoms with Crippen molar-refractivity contribution in [2.24, 2.45) is 0 Å². The lowest BCUT2D eigenvalue weighted by Crippen LogP contribution is -2.31. The molecule has 5 nitrogen and oxygen atoms in total. The van der Waals surface area contributed by atoms with Crippen LogP contribution in [0.1, 0.15) is 5.56 Å². The minimum absolute atomic E-state index is 0.0257. The predicted octanol–water partition coefficient (Wildman–Crippen LogP) is 1.20. The van der Waals surface area contributed by atoms with Crippen LogP contribution in [0.2, 0.25) is 5.02 Å². The lowest BCUT2D eigenvalue weighted by atomic mass is 10.2. The zero-order valence-corrected chi connectivity index (χ0v) is 11.9. The fraction of sp³-hybridized carbons (Fsp3) is 0.462. The molecule has 0 atom stereocenters. The Kier molecular flexibility index (Phi) is 7.25. The minimum Gasteiger partial charge on any atom is -0.483 e. The normalized spacial score (nSPS) is 10.3. The Hall–Kier alpha value is -1.30. The number of hydrogen-bond donors (Lipinski definition) is 2. The van der Waals surface area contributed by atoms with Crippen LogP contribution >= 0.6 is 11.6 Å². The number of carbonyl (C=O) groups is 1. The first-order valence-corrected chi connectivity index (χ1v) is 6.36. The Bertz CT molecular complexity index is 413. The van der Waals surface area contributed by atoms with E-state index in [-0.39, 0.29) is 12.5 Å². The van der Waals surface area contributed by atoms with Gasteiger partial charge in [0.05, 0.1) is 6.61 Å². The van der Waals surface area contributed by atoms with Crippen LogP contribution in [0, 0.1) is 0 Å². The van der Waals surface area contributed by atoms with Gasteiger partial charge in [0.25, 0.3) is 5.91 Å². The molecule has 0 spiro atoms. The molecule has 0 aliphatic carbocycles. The number of amides is 1. The molecular formula is C13H19ClN2O3. The Morgan fingerprint density at radius 1 is 1.42 bits per heavy atom. The van der Waals surface area contributed by atoms with Crippen molar-refractivity contribution in [3.8, 4) is 5.75 Å². The van der Waals surface area contributed by atoms with E-state index in [4.69, 9.17) is 21.1 Å². The van der Waals surface area contributed by atoms with E-state index >= 15 is 0 Å². The second-order valence-electron chi connectivity index (χ2n) is 3.91. The molecule has 1 aromatic rings. The lowest BCUT2D eigenvalue weighted by Gasteiger charge is -2.11. The quantitative estimate of drug-likeness (QED) is 0.705. The fourth-order valence-electron chi connectivity index (χ4n) is 1.50. The third kappa shape index (κ3) is 5.92. The SMILES string of the molecule is CNCc1cc(Cl)ccc1OCC(=O)NCCOC. The number of halogens is 1. The van der Waals surface area contributed by atoms with Gasteiger partial charge in [-0.15, -0.1) is 0 Å². The molecule has 0 aliphatic heterocycles. The van der Waals surface area contributed by atoms with Crippen molar-refractivity contribution in [3.05, 3.63) is 28.8 Å². The lowest BCUT2D eigenvalue weighted by molar-refractivity contribution is -0.123. The summed E-state index contributed by atoms with van der Waals surface area (Å²) < 4.78 is 10.3. The summed E-state index contributed by atoms with van der Waals surface area (Å²) in [5.41, 5.74) is 0.916. The second kappa shape index (κ2) is 8.74. The van der Waals surface area contributed by atoms with E-state index in [1.807, 2.05) is 13.1 Å². The van der Waals surface area contributed by atoms with E-state index in [9.17, 15) is 4.79 Å². The summed E-state index contributed by atoms with van der Waals surface area (Å²) in [7, 11) is 3.42. The van der Waals surface area contributed by atoms with Gasteiger partial charge in [0.2, 0.25) is 0 Å². The molecule has 0 aliphatic rings. The number of hydrogen-bond acceptors (Lipinski definition) is 4. The maximum atomic E-state index is 11.5. The summed E-state index contributed by atoms with van der Waals surface area (Å²) in [5.74, 6) is 0.475. The number of benzene rings is 1. The van der Waals surface area contributed by atoms with Crippen LogP contribution in [-0.2, 0) is 16.1 Å². The number of carbonyl (C=O) groups excluding carboxylic acids is 1. The second-order valence-corrected chi connectivity index (χ2v) is 4.35. The van der Waals surface area contributed by atoms with Gasteiger partial charge in [-0.3, -0.25) is 4.79 Å². The van der Waals surface area contributed by atoms with Crippen LogP contribution in [0.4, 0.5) is 0 Å². The molecule has 0 fully saturated rings. The molecule has 0 radical (unpaired) electrons. The van der Waals surface area contributed by atoms with Crippen molar-refractivity contribution < 1.29 is 14.3 Å². The average molecular weight is 287 g/mol. The van der Waals surface area contributed by atoms with E-state index in [1.54, 1.807) is 19.2 Å². The Morgan fingerprint density at radius 2 is 2.21 bits per heavy atom. The zero-order valence-electron chi connectivity index (χ0n) is 11.2. The smallest absolute Gasteiger partial charge is 0.258 e. The van der Waals surface area contributed by atoms with Crippen LogP contribution < -0.4 is 15.4 Å². The predicted molar refractivity (Wildman–Crippen MR) is 74.6 cm³/mol. The van der Waals surface area contributed by atoms with E-state index in [0.29, 0.717) is 30.5 Å². The molecule has 2 N–H and O–H groups in total. The van der Waals surface area contributed by atoms with E-state index in [0.717, 1.165) is 5.56 Å². The Labute approximate surface area is 118 Å². The van der Waals surface area contributed by atoms with Gasteiger partial charge in [-0.25, -0.2) is 0 Å². The standard InChI is InChI=1S/C13H19ClN2O3/c1-15-8-10-7-11(14)3-4-12(10)19-9-13(17)16-5-6-18-2/h3-4,7,15H,5-6,8-9H2,1-2H3,(H,16,17). The fourth-order valence-corrected chi connectivity index (χ4v) is 1.70. The van der Waals surface area contributed by atoms with Crippen molar-refractivity contribution in [1.29, 1.82) is 0 Å². The molecule has 0 bridgehead atoms. The summed E-state index contributed by atoms with van der Waals surface area (Å²) in [6.45, 7) is 1.56. The van der Waals surface area contributed by atoms with Crippen molar-refractivity contribution >= 4 is 17.5 Å². The molecule has 1 rings (SSSR count). The highest BCUT2D eigenvalue weighted by Crippen LogP contribution is 2.22. The van der Waals surface area contributed by atoms with Crippen molar-refractivity contribution in [3.63, 3.8) is 0 Å². The summed E-state index contributed by atoms with van der Waals surface area (Å²) in [6.07, 6.45) is 0. The number of ether oxygens (including phenoxy) is 2. The third-order valence-electron chi connectivity index (χ3n) is 2.38. The molecule has 6 heteroatoms. The molecule has 1 aromatic carbocycles. The number of methoxy groups -OCH3 is 1. The average Bonchev–Trinajstić information content (AvgIpc) is 2.38. The van der Waals surface area contributed by atoms with E-state index < -0.39 is 0 Å². The van der Waals surface area contributed by atoms with E-state index in [2.05, 4.69) is 10.6 Å². The molecular weight excluding hydrogens is 268 g/mol. The van der Waals surface area contributed by atoms with Crippen molar-refractivity contribution in [1.82, 2.24) is 10.6 Å². The van der Waals surface area contributed by atoms with E-state index in [1.165, 1.54) is 0 Å². The highest BCUT2D eigenvalue weighted by molar-refractivity contribution is 6.30. The summed E-state index contributed by atoms with van der Waals surface area (Å²) in [6, 6.07) is 5.31. The highest BCUT2D eigenvalue weighted by atomic mass is 35.5. The number of rotatable bonds is 8. The monoisotopic (exact) mass is 286 g/mol. The van der Waals surface area contributed by atoms with Gasteiger partial charge in [-0.1, -0.05) is 11.6 Å². The molecule has 0 saturated carbocycles. The van der Waals surface area contributed by atoms with Gasteiger partial charge >= 0.3 is 0 Å². The van der Waals surface area contributed by atoms with Crippen LogP contribution in [-0.4, -0.2) is 39.8 Å². The van der Waals surface area contributed by atoms with Gasteiger partial charge in [-0.2, -0.15) is 0 Å². The summed E-state index contributed by atoms with van der Waals surface area (Å²) in [5, 5.41) is 6.35. The third-order valence-corrected chi connectivity index (χ3v) is 2.61. The molecule has 0 saturated heterocycles. The van der Waals surface area contributed by atoms with Gasteiger partial charge in [0.1, 0.15) is 5.75 Å². The minimum atomic E-state index is -0.178. The van der Waals surface area contributed by atoms with Gasteiger partial charge in [0.15, 0.2) is 6.61 Å². The summed E-state index contributed by atoms with van der Waals surface area (Å²) >= 11 is 5.92. The number of nitrogens with one attached hydrogen (secondary N) is 2. The molecule has 106 valence electrons. The van der Waals surface area contributed by atoms with Crippen LogP contribution in [0.3, 0.4) is 0 Å². The maximum absolute atomic E-state index is 11.5. The first-order valence-electron chi connectivity index (χ1n) is 5.99. The van der Waals surface area contributed by atoms with Crippen molar-refractivity contribution in [2.75, 3.05) is 33.9 Å². The molecule has 0 aromatic heterocycles. The van der Waals surface area contributed by atoms with Gasteiger partial charge in [-0.05, 0) is 25.2 Å². The van der Waals surface area contributed by atoms with Crippen LogP contribution in [0.15, 0.2) is 18.2 Å². The highest BCUT2D eigenvalue weighted by Gasteiger charge is 2.07. The first-order chi connectivity index (χ1) is 9.17. The van der Waals surface area contributed by atoms with Gasteiger partial charge in [0, 0.05) is 30.8 Å². The zero-order chi connectivity index (χ0) is 14.1. The van der Waals surface area contributed by atoms with Gasteiger partial charge < -0.3 is 20.1 Å². The Balaban J connectivity index is 2.50. The van der Waals surface area contributed by atoms with Crippen LogP contribution in [0.5, 0.6) is 5.75 Å². The maximum Gasteiger partial charge on any atom is 0.258 e. The molecule has 19 heavy (non-hydrogen) atoms. The summed E-state index contributed by atoms with van der Waals surface area (Å²) in [4.78, 5) is 11.5. The molecule has 0 heterocycles. The molecule has 1 amide bonds. The van der Waals surface area contributed by atoms with Crippen LogP contribution in [0.25, 0.3) is 0 Å². The van der Waals surface area contributed by atoms with Crippen molar-refractivity contribution in [2.45, 2.75) is 6.54 Å².